The smallest absolute Gasteiger partial charge is 0.337 e. The van der Waals surface area contributed by atoms with Gasteiger partial charge in [0.1, 0.15) is 17.4 Å². The first-order valence-electron chi connectivity index (χ1n) is 5.83. The molecule has 1 aromatic carbocycles. The minimum atomic E-state index is -3.74. The number of hydrogen-bond donors (Lipinski definition) is 1. The molecule has 0 amide bonds. The second-order valence-corrected chi connectivity index (χ2v) is 6.83. The van der Waals surface area contributed by atoms with E-state index in [2.05, 4.69) is 10.2 Å². The minimum Gasteiger partial charge on any atom is -0.478 e. The summed E-state index contributed by atoms with van der Waals surface area (Å²) in [6.07, 6.45) is 0. The largest absolute Gasteiger partial charge is 0.478 e. The summed E-state index contributed by atoms with van der Waals surface area (Å²) < 4.78 is 26.2. The topological polar surface area (TPSA) is 102 Å². The number of hydrogen-bond acceptors (Lipinski definition) is 5. The van der Waals surface area contributed by atoms with Gasteiger partial charge in [0.15, 0.2) is 9.84 Å². The molecule has 0 fully saturated rings. The molecule has 0 saturated carbocycles. The molecule has 1 heterocycles. The molecule has 0 unspecified atom stereocenters. The van der Waals surface area contributed by atoms with Gasteiger partial charge in [0.05, 0.1) is 15.5 Å². The average Bonchev–Trinajstić information content (AvgIpc) is 2.70. The van der Waals surface area contributed by atoms with Crippen LogP contribution in [0.25, 0.3) is 0 Å². The van der Waals surface area contributed by atoms with Crippen molar-refractivity contribution < 1.29 is 18.3 Å². The van der Waals surface area contributed by atoms with Gasteiger partial charge in [-0.2, -0.15) is 0 Å². The van der Waals surface area contributed by atoms with E-state index in [1.165, 1.54) is 12.1 Å². The van der Waals surface area contributed by atoms with Crippen LogP contribution < -0.4 is 0 Å². The first-order valence-corrected chi connectivity index (χ1v) is 7.86. The standard InChI is InChI=1S/C12H12ClN3O4S/c1-7-14-15-11(16(7)2)6-21(19,20)8-3-4-10(13)9(5-8)12(17)18/h3-5H,6H2,1-2H3,(H,17,18). The molecular weight excluding hydrogens is 318 g/mol. The summed E-state index contributed by atoms with van der Waals surface area (Å²) in [6, 6.07) is 3.57. The summed E-state index contributed by atoms with van der Waals surface area (Å²) in [4.78, 5) is 10.9. The molecule has 1 N–H and O–H groups in total. The van der Waals surface area contributed by atoms with Crippen LogP contribution in [-0.2, 0) is 22.6 Å². The molecule has 0 bridgehead atoms. The highest BCUT2D eigenvalue weighted by molar-refractivity contribution is 7.90. The van der Waals surface area contributed by atoms with Crippen molar-refractivity contribution >= 4 is 27.4 Å². The van der Waals surface area contributed by atoms with Crippen molar-refractivity contribution in [2.75, 3.05) is 0 Å². The molecule has 0 saturated heterocycles. The monoisotopic (exact) mass is 329 g/mol. The third-order valence-electron chi connectivity index (χ3n) is 3.03. The number of rotatable bonds is 4. The van der Waals surface area contributed by atoms with Crippen LogP contribution in [0.1, 0.15) is 22.0 Å². The van der Waals surface area contributed by atoms with Crippen LogP contribution in [-0.4, -0.2) is 34.3 Å². The molecule has 0 radical (unpaired) electrons. The van der Waals surface area contributed by atoms with Gasteiger partial charge in [-0.3, -0.25) is 0 Å². The molecule has 0 aliphatic rings. The lowest BCUT2D eigenvalue weighted by Gasteiger charge is -2.06. The first kappa shape index (κ1) is 15.5. The molecular formula is C12H12ClN3O4S. The molecule has 7 nitrogen and oxygen atoms in total. The van der Waals surface area contributed by atoms with Crippen molar-refractivity contribution in [3.8, 4) is 0 Å². The van der Waals surface area contributed by atoms with Gasteiger partial charge in [-0.05, 0) is 25.1 Å². The molecule has 2 rings (SSSR count). The van der Waals surface area contributed by atoms with E-state index >= 15 is 0 Å². The zero-order valence-corrected chi connectivity index (χ0v) is 12.8. The highest BCUT2D eigenvalue weighted by Gasteiger charge is 2.21. The molecule has 9 heteroatoms. The Morgan fingerprint density at radius 2 is 2.05 bits per heavy atom. The van der Waals surface area contributed by atoms with E-state index in [1.807, 2.05) is 0 Å². The zero-order chi connectivity index (χ0) is 15.8. The fraction of sp³-hybridized carbons (Fsp3) is 0.250. The second kappa shape index (κ2) is 5.45. The summed E-state index contributed by atoms with van der Waals surface area (Å²) in [5, 5.41) is 16.5. The SMILES string of the molecule is Cc1nnc(CS(=O)(=O)c2ccc(Cl)c(C(=O)O)c2)n1C. The lowest BCUT2D eigenvalue weighted by molar-refractivity contribution is 0.0697. The normalized spacial score (nSPS) is 11.6. The first-order chi connectivity index (χ1) is 9.72. The number of nitrogens with zero attached hydrogens (tertiary/aromatic N) is 3. The summed E-state index contributed by atoms with van der Waals surface area (Å²) in [5.41, 5.74) is -0.258. The third-order valence-corrected chi connectivity index (χ3v) is 4.97. The van der Waals surface area contributed by atoms with Crippen molar-refractivity contribution in [3.63, 3.8) is 0 Å². The number of carboxylic acid groups (broad SMARTS) is 1. The van der Waals surface area contributed by atoms with Gasteiger partial charge in [-0.1, -0.05) is 11.6 Å². The summed E-state index contributed by atoms with van der Waals surface area (Å²) >= 11 is 5.73. The van der Waals surface area contributed by atoms with E-state index in [4.69, 9.17) is 16.7 Å². The quantitative estimate of drug-likeness (QED) is 0.910. The Labute approximate surface area is 126 Å². The molecule has 2 aromatic rings. The number of benzene rings is 1. The molecule has 1 aromatic heterocycles. The van der Waals surface area contributed by atoms with Crippen molar-refractivity contribution in [2.45, 2.75) is 17.6 Å². The van der Waals surface area contributed by atoms with Gasteiger partial charge in [0, 0.05) is 7.05 Å². The minimum absolute atomic E-state index is 0.0176. The van der Waals surface area contributed by atoms with E-state index in [0.29, 0.717) is 5.82 Å². The molecule has 21 heavy (non-hydrogen) atoms. The van der Waals surface area contributed by atoms with E-state index in [1.54, 1.807) is 18.5 Å². The van der Waals surface area contributed by atoms with Gasteiger partial charge in [0.2, 0.25) is 0 Å². The maximum absolute atomic E-state index is 12.3. The van der Waals surface area contributed by atoms with Crippen LogP contribution in [0.4, 0.5) is 0 Å². The highest BCUT2D eigenvalue weighted by atomic mass is 35.5. The van der Waals surface area contributed by atoms with E-state index in [9.17, 15) is 13.2 Å². The summed E-state index contributed by atoms with van der Waals surface area (Å²) in [5.74, 6) is -0.793. The Morgan fingerprint density at radius 1 is 1.38 bits per heavy atom. The Bertz CT molecular complexity index is 814. The van der Waals surface area contributed by atoms with Crippen LogP contribution in [0.15, 0.2) is 23.1 Å². The maximum atomic E-state index is 12.3. The van der Waals surface area contributed by atoms with E-state index in [-0.39, 0.29) is 27.1 Å². The molecule has 112 valence electrons. The van der Waals surface area contributed by atoms with Crippen LogP contribution in [0, 0.1) is 6.92 Å². The third kappa shape index (κ3) is 3.06. The number of carboxylic acids is 1. The average molecular weight is 330 g/mol. The zero-order valence-electron chi connectivity index (χ0n) is 11.2. The van der Waals surface area contributed by atoms with Crippen molar-refractivity contribution in [2.24, 2.45) is 7.05 Å². The molecule has 0 aliphatic heterocycles. The van der Waals surface area contributed by atoms with Crippen LogP contribution in [0.3, 0.4) is 0 Å². The summed E-state index contributed by atoms with van der Waals surface area (Å²) in [6.45, 7) is 1.70. The van der Waals surface area contributed by atoms with Gasteiger partial charge in [0.25, 0.3) is 0 Å². The molecule has 0 atom stereocenters. The number of aryl methyl sites for hydroxylation is 1. The Hall–Kier alpha value is -1.93. The predicted molar refractivity (Wildman–Crippen MR) is 75.0 cm³/mol. The fourth-order valence-electron chi connectivity index (χ4n) is 1.69. The number of halogens is 1. The Balaban J connectivity index is 2.43. The van der Waals surface area contributed by atoms with Crippen molar-refractivity contribution in [1.29, 1.82) is 0 Å². The van der Waals surface area contributed by atoms with Gasteiger partial charge < -0.3 is 9.67 Å². The highest BCUT2D eigenvalue weighted by Crippen LogP contribution is 2.23. The van der Waals surface area contributed by atoms with Crippen molar-refractivity contribution in [3.05, 3.63) is 40.4 Å². The number of sulfone groups is 1. The predicted octanol–water partition coefficient (Wildman–Crippen LogP) is 1.45. The number of carbonyl (C=O) groups is 1. The Morgan fingerprint density at radius 3 is 2.57 bits per heavy atom. The lowest BCUT2D eigenvalue weighted by Crippen LogP contribution is -2.11. The summed E-state index contributed by atoms with van der Waals surface area (Å²) in [7, 11) is -2.08. The van der Waals surface area contributed by atoms with Crippen LogP contribution in [0.5, 0.6) is 0 Å². The van der Waals surface area contributed by atoms with Crippen molar-refractivity contribution in [1.82, 2.24) is 14.8 Å². The van der Waals surface area contributed by atoms with Crippen LogP contribution in [0.2, 0.25) is 5.02 Å². The number of aromatic carboxylic acids is 1. The molecule has 0 aliphatic carbocycles. The van der Waals surface area contributed by atoms with E-state index in [0.717, 1.165) is 6.07 Å². The van der Waals surface area contributed by atoms with E-state index < -0.39 is 15.8 Å². The molecule has 0 spiro atoms. The van der Waals surface area contributed by atoms with Gasteiger partial charge in [-0.25, -0.2) is 13.2 Å². The lowest BCUT2D eigenvalue weighted by atomic mass is 10.2. The number of aromatic nitrogens is 3. The van der Waals surface area contributed by atoms with Gasteiger partial charge in [-0.15, -0.1) is 10.2 Å². The van der Waals surface area contributed by atoms with Crippen LogP contribution >= 0.6 is 11.6 Å². The second-order valence-electron chi connectivity index (χ2n) is 4.43. The maximum Gasteiger partial charge on any atom is 0.337 e. The Kier molecular flexibility index (Phi) is 4.02. The van der Waals surface area contributed by atoms with Gasteiger partial charge >= 0.3 is 5.97 Å². The fourth-order valence-corrected chi connectivity index (χ4v) is 3.22.